The highest BCUT2D eigenvalue weighted by atomic mass is 35.5. The van der Waals surface area contributed by atoms with Crippen LogP contribution >= 0.6 is 11.6 Å². The molecule has 5 aromatic rings. The van der Waals surface area contributed by atoms with Crippen LogP contribution in [0.3, 0.4) is 0 Å². The van der Waals surface area contributed by atoms with Gasteiger partial charge in [-0.05, 0) is 55.0 Å². The Bertz CT molecular complexity index is 1460. The van der Waals surface area contributed by atoms with E-state index in [1.807, 2.05) is 55.5 Å². The molecule has 0 saturated heterocycles. The van der Waals surface area contributed by atoms with E-state index in [2.05, 4.69) is 20.3 Å². The maximum absolute atomic E-state index is 14.0. The molecule has 1 amide bonds. The van der Waals surface area contributed by atoms with E-state index in [1.54, 1.807) is 22.0 Å². The van der Waals surface area contributed by atoms with Crippen molar-refractivity contribution in [3.05, 3.63) is 95.2 Å². The van der Waals surface area contributed by atoms with Crippen molar-refractivity contribution in [3.63, 3.8) is 0 Å². The molecule has 0 radical (unpaired) electrons. The van der Waals surface area contributed by atoms with Gasteiger partial charge in [0.05, 0.1) is 24.1 Å². The number of fused-ring (bicyclic) bond motifs is 1. The van der Waals surface area contributed by atoms with Crippen LogP contribution in [0.4, 0.5) is 10.1 Å². The van der Waals surface area contributed by atoms with Gasteiger partial charge in [-0.25, -0.2) is 14.1 Å². The molecule has 7 nitrogen and oxygen atoms in total. The van der Waals surface area contributed by atoms with E-state index in [4.69, 9.17) is 11.6 Å². The maximum atomic E-state index is 14.0. The fourth-order valence-electron chi connectivity index (χ4n) is 3.90. The maximum Gasteiger partial charge on any atom is 0.249 e. The predicted molar refractivity (Wildman–Crippen MR) is 129 cm³/mol. The van der Waals surface area contributed by atoms with Crippen LogP contribution in [0.15, 0.2) is 73.1 Å². The third kappa shape index (κ3) is 4.40. The van der Waals surface area contributed by atoms with Gasteiger partial charge in [0.1, 0.15) is 17.9 Å². The van der Waals surface area contributed by atoms with Gasteiger partial charge in [0.2, 0.25) is 5.91 Å². The molecule has 0 atom stereocenters. The highest BCUT2D eigenvalue weighted by Gasteiger charge is 2.20. The number of nitrogens with zero attached hydrogens (tertiary/aromatic N) is 5. The Morgan fingerprint density at radius 2 is 1.91 bits per heavy atom. The highest BCUT2D eigenvalue weighted by molar-refractivity contribution is 6.30. The second-order valence-electron chi connectivity index (χ2n) is 7.92. The molecule has 0 aliphatic heterocycles. The summed E-state index contributed by atoms with van der Waals surface area (Å²) in [4.78, 5) is 22.5. The minimum Gasteiger partial charge on any atom is -0.348 e. The molecular weight excluding hydrogens is 455 g/mol. The first kappa shape index (κ1) is 21.8. The number of halogens is 2. The van der Waals surface area contributed by atoms with Crippen LogP contribution in [-0.2, 0) is 17.9 Å². The number of rotatable bonds is 6. The fourth-order valence-corrected chi connectivity index (χ4v) is 4.15. The van der Waals surface area contributed by atoms with E-state index in [0.29, 0.717) is 16.8 Å². The zero-order valence-electron chi connectivity index (χ0n) is 18.2. The number of nitrogens with one attached hydrogen (secondary N) is 1. The summed E-state index contributed by atoms with van der Waals surface area (Å²) in [5.41, 5.74) is 5.42. The third-order valence-corrected chi connectivity index (χ3v) is 5.77. The quantitative estimate of drug-likeness (QED) is 0.369. The van der Waals surface area contributed by atoms with Crippen molar-refractivity contribution in [1.29, 1.82) is 0 Å². The summed E-state index contributed by atoms with van der Waals surface area (Å²) in [6, 6.07) is 19.2. The van der Waals surface area contributed by atoms with Crippen molar-refractivity contribution in [1.82, 2.24) is 25.0 Å². The van der Waals surface area contributed by atoms with Gasteiger partial charge >= 0.3 is 0 Å². The monoisotopic (exact) mass is 474 g/mol. The van der Waals surface area contributed by atoms with Crippen LogP contribution in [0.25, 0.3) is 22.3 Å². The number of para-hydroxylation sites is 1. The Hall–Kier alpha value is -4.04. The van der Waals surface area contributed by atoms with Crippen LogP contribution in [-0.4, -0.2) is 30.9 Å². The van der Waals surface area contributed by atoms with Gasteiger partial charge in [-0.15, -0.1) is 5.10 Å². The van der Waals surface area contributed by atoms with Gasteiger partial charge in [0.25, 0.3) is 0 Å². The molecule has 0 fully saturated rings. The van der Waals surface area contributed by atoms with Crippen molar-refractivity contribution in [2.24, 2.45) is 0 Å². The number of amides is 1. The number of carbonyl (C=O) groups excluding carboxylic acids is 1. The van der Waals surface area contributed by atoms with E-state index in [1.165, 1.54) is 12.1 Å². The minimum absolute atomic E-state index is 0.0240. The highest BCUT2D eigenvalue weighted by Crippen LogP contribution is 2.26. The lowest BCUT2D eigenvalue weighted by atomic mass is 10.1. The molecule has 0 bridgehead atoms. The van der Waals surface area contributed by atoms with Crippen LogP contribution in [0.5, 0.6) is 0 Å². The lowest BCUT2D eigenvalue weighted by Gasteiger charge is -2.23. The van der Waals surface area contributed by atoms with E-state index in [0.717, 1.165) is 22.5 Å². The average Bonchev–Trinajstić information content (AvgIpc) is 3.43. The molecular formula is C25H20ClFN6O. The van der Waals surface area contributed by atoms with Gasteiger partial charge < -0.3 is 9.88 Å². The van der Waals surface area contributed by atoms with Crippen molar-refractivity contribution in [2.45, 2.75) is 20.0 Å². The molecule has 9 heteroatoms. The van der Waals surface area contributed by atoms with Gasteiger partial charge in [-0.2, -0.15) is 0 Å². The number of imidazole rings is 1. The van der Waals surface area contributed by atoms with Crippen LogP contribution in [0, 0.1) is 12.7 Å². The molecule has 3 aromatic carbocycles. The Morgan fingerprint density at radius 1 is 1.12 bits per heavy atom. The molecule has 2 aromatic heterocycles. The van der Waals surface area contributed by atoms with Crippen molar-refractivity contribution >= 4 is 34.2 Å². The first-order valence-electron chi connectivity index (χ1n) is 10.6. The summed E-state index contributed by atoms with van der Waals surface area (Å²) in [5, 5.41) is 8.53. The SMILES string of the molecule is Cc1[nH]cnc1-c1ccc(N(Cc2cc(F)cc(Cl)c2)C(=O)Cn2nnc3ccccc32)cc1. The second-order valence-corrected chi connectivity index (χ2v) is 8.35. The number of hydrogen-bond donors (Lipinski definition) is 1. The van der Waals surface area contributed by atoms with Crippen molar-refractivity contribution in [2.75, 3.05) is 4.90 Å². The zero-order valence-corrected chi connectivity index (χ0v) is 19.0. The first-order chi connectivity index (χ1) is 16.5. The lowest BCUT2D eigenvalue weighted by Crippen LogP contribution is -2.33. The molecule has 0 spiro atoms. The van der Waals surface area contributed by atoms with E-state index < -0.39 is 5.82 Å². The number of aromatic amines is 1. The minimum atomic E-state index is -0.457. The summed E-state index contributed by atoms with van der Waals surface area (Å²) in [7, 11) is 0. The summed E-state index contributed by atoms with van der Waals surface area (Å²) in [6.07, 6.45) is 1.64. The molecule has 0 unspecified atom stereocenters. The number of benzene rings is 3. The van der Waals surface area contributed by atoms with Crippen LogP contribution in [0.1, 0.15) is 11.3 Å². The number of hydrogen-bond acceptors (Lipinski definition) is 4. The van der Waals surface area contributed by atoms with E-state index >= 15 is 0 Å². The molecule has 0 aliphatic rings. The zero-order chi connectivity index (χ0) is 23.7. The third-order valence-electron chi connectivity index (χ3n) is 5.55. The van der Waals surface area contributed by atoms with Crippen molar-refractivity contribution in [3.8, 4) is 11.3 Å². The molecule has 5 rings (SSSR count). The van der Waals surface area contributed by atoms with E-state index in [9.17, 15) is 9.18 Å². The summed E-state index contributed by atoms with van der Waals surface area (Å²) in [6.45, 7) is 2.07. The van der Waals surface area contributed by atoms with Crippen molar-refractivity contribution < 1.29 is 9.18 Å². The van der Waals surface area contributed by atoms with Crippen LogP contribution in [0.2, 0.25) is 5.02 Å². The smallest absolute Gasteiger partial charge is 0.249 e. The van der Waals surface area contributed by atoms with Gasteiger partial charge in [-0.1, -0.05) is 41.1 Å². The topological polar surface area (TPSA) is 79.7 Å². The average molecular weight is 475 g/mol. The fraction of sp³-hybridized carbons (Fsp3) is 0.120. The Labute approximate surface area is 199 Å². The van der Waals surface area contributed by atoms with Crippen LogP contribution < -0.4 is 4.90 Å². The standard InChI is InChI=1S/C25H20ClFN6O/c1-16-25(29-15-28-16)18-6-8-21(9-7-18)32(13-17-10-19(26)12-20(27)11-17)24(34)14-33-23-5-3-2-4-22(23)30-31-33/h2-12,15H,13-14H2,1H3,(H,28,29). The molecule has 1 N–H and O–H groups in total. The molecule has 0 saturated carbocycles. The molecule has 0 aliphatic carbocycles. The van der Waals surface area contributed by atoms with Gasteiger partial charge in [0.15, 0.2) is 0 Å². The number of aryl methyl sites for hydroxylation is 1. The summed E-state index contributed by atoms with van der Waals surface area (Å²) in [5.74, 6) is -0.679. The van der Waals surface area contributed by atoms with Gasteiger partial charge in [0, 0.05) is 22.0 Å². The Kier molecular flexibility index (Phi) is 5.81. The molecule has 34 heavy (non-hydrogen) atoms. The Morgan fingerprint density at radius 3 is 2.65 bits per heavy atom. The molecule has 170 valence electrons. The normalized spacial score (nSPS) is 11.1. The summed E-state index contributed by atoms with van der Waals surface area (Å²) < 4.78 is 15.5. The van der Waals surface area contributed by atoms with E-state index in [-0.39, 0.29) is 24.0 Å². The second kappa shape index (κ2) is 9.07. The lowest BCUT2D eigenvalue weighted by molar-refractivity contribution is -0.119. The summed E-state index contributed by atoms with van der Waals surface area (Å²) >= 11 is 6.06. The molecule has 2 heterocycles. The number of anilines is 1. The number of carbonyl (C=O) groups is 1. The Balaban J connectivity index is 1.48. The number of H-pyrrole nitrogens is 1. The number of aromatic nitrogens is 5. The first-order valence-corrected chi connectivity index (χ1v) is 11.0. The largest absolute Gasteiger partial charge is 0.348 e. The van der Waals surface area contributed by atoms with Gasteiger partial charge in [-0.3, -0.25) is 4.79 Å². The predicted octanol–water partition coefficient (Wildman–Crippen LogP) is 5.16.